The number of fused-ring (bicyclic) bond motifs is 1. The van der Waals surface area contributed by atoms with Crippen molar-refractivity contribution in [2.24, 2.45) is 0 Å². The summed E-state index contributed by atoms with van der Waals surface area (Å²) in [5.41, 5.74) is 8.27. The van der Waals surface area contributed by atoms with E-state index in [0.717, 1.165) is 21.5 Å². The van der Waals surface area contributed by atoms with Crippen LogP contribution in [0.2, 0.25) is 0 Å². The Kier molecular flexibility index (Phi) is 3.36. The lowest BCUT2D eigenvalue weighted by atomic mass is 10.1. The van der Waals surface area contributed by atoms with Crippen molar-refractivity contribution in [3.8, 4) is 5.75 Å². The molecule has 1 aliphatic rings. The van der Waals surface area contributed by atoms with Crippen LogP contribution in [0.25, 0.3) is 0 Å². The van der Waals surface area contributed by atoms with Crippen molar-refractivity contribution in [2.75, 3.05) is 17.2 Å². The van der Waals surface area contributed by atoms with E-state index in [1.54, 1.807) is 4.90 Å². The molecule has 0 unspecified atom stereocenters. The van der Waals surface area contributed by atoms with Crippen LogP contribution in [0.4, 0.5) is 11.4 Å². The standard InChI is InChI=1S/C15H13BrN2O2/c16-11-5-10(6-12(17)7-11)8-18-13-3-1-2-4-14(13)20-9-15(18)19/h1-7H,8-9,17H2. The Bertz CT molecular complexity index is 652. The SMILES string of the molecule is Nc1cc(Br)cc(CN2C(=O)COc3ccccc32)c1. The van der Waals surface area contributed by atoms with Gasteiger partial charge in [0.25, 0.3) is 5.91 Å². The maximum atomic E-state index is 12.1. The first-order valence-electron chi connectivity index (χ1n) is 6.20. The van der Waals surface area contributed by atoms with Crippen LogP contribution < -0.4 is 15.4 Å². The molecule has 0 bridgehead atoms. The van der Waals surface area contributed by atoms with E-state index in [0.29, 0.717) is 12.2 Å². The fourth-order valence-corrected chi connectivity index (χ4v) is 2.83. The lowest BCUT2D eigenvalue weighted by Gasteiger charge is -2.29. The number of nitrogens with zero attached hydrogens (tertiary/aromatic N) is 1. The van der Waals surface area contributed by atoms with E-state index in [1.165, 1.54) is 0 Å². The molecule has 1 aliphatic heterocycles. The molecule has 0 aliphatic carbocycles. The van der Waals surface area contributed by atoms with Crippen LogP contribution in [-0.2, 0) is 11.3 Å². The molecule has 0 radical (unpaired) electrons. The first-order chi connectivity index (χ1) is 9.63. The molecule has 0 saturated heterocycles. The van der Waals surface area contributed by atoms with Gasteiger partial charge in [0.15, 0.2) is 6.61 Å². The van der Waals surface area contributed by atoms with E-state index in [1.807, 2.05) is 42.5 Å². The number of hydrogen-bond acceptors (Lipinski definition) is 3. The first kappa shape index (κ1) is 13.0. The summed E-state index contributed by atoms with van der Waals surface area (Å²) >= 11 is 3.42. The van der Waals surface area contributed by atoms with E-state index in [4.69, 9.17) is 10.5 Å². The summed E-state index contributed by atoms with van der Waals surface area (Å²) < 4.78 is 6.33. The number of nitrogens with two attached hydrogens (primary N) is 1. The van der Waals surface area contributed by atoms with Gasteiger partial charge in [-0.15, -0.1) is 0 Å². The summed E-state index contributed by atoms with van der Waals surface area (Å²) in [5, 5.41) is 0. The Morgan fingerprint density at radius 1 is 1.25 bits per heavy atom. The molecule has 4 nitrogen and oxygen atoms in total. The second kappa shape index (κ2) is 5.17. The number of hydrogen-bond donors (Lipinski definition) is 1. The van der Waals surface area contributed by atoms with Gasteiger partial charge in [-0.3, -0.25) is 4.79 Å². The molecule has 102 valence electrons. The van der Waals surface area contributed by atoms with Crippen LogP contribution in [-0.4, -0.2) is 12.5 Å². The molecule has 2 aromatic carbocycles. The second-order valence-electron chi connectivity index (χ2n) is 4.63. The van der Waals surface area contributed by atoms with Crippen LogP contribution >= 0.6 is 15.9 Å². The molecule has 5 heteroatoms. The predicted molar refractivity (Wildman–Crippen MR) is 81.7 cm³/mol. The Balaban J connectivity index is 1.95. The fraction of sp³-hybridized carbons (Fsp3) is 0.133. The third-order valence-corrected chi connectivity index (χ3v) is 3.59. The van der Waals surface area contributed by atoms with Gasteiger partial charge in [0, 0.05) is 10.2 Å². The normalized spacial score (nSPS) is 13.8. The minimum atomic E-state index is -0.0535. The molecule has 1 amide bonds. The van der Waals surface area contributed by atoms with E-state index in [2.05, 4.69) is 15.9 Å². The predicted octanol–water partition coefficient (Wildman–Crippen LogP) is 2.96. The van der Waals surface area contributed by atoms with Crippen LogP contribution in [0.15, 0.2) is 46.9 Å². The topological polar surface area (TPSA) is 55.6 Å². The Labute approximate surface area is 125 Å². The molecule has 0 saturated carbocycles. The molecule has 2 aromatic rings. The zero-order valence-corrected chi connectivity index (χ0v) is 12.3. The molecular formula is C15H13BrN2O2. The third-order valence-electron chi connectivity index (χ3n) is 3.13. The van der Waals surface area contributed by atoms with E-state index in [-0.39, 0.29) is 12.5 Å². The van der Waals surface area contributed by atoms with Crippen molar-refractivity contribution < 1.29 is 9.53 Å². The highest BCUT2D eigenvalue weighted by molar-refractivity contribution is 9.10. The van der Waals surface area contributed by atoms with Crippen molar-refractivity contribution in [3.63, 3.8) is 0 Å². The summed E-state index contributed by atoms with van der Waals surface area (Å²) in [5.74, 6) is 0.678. The highest BCUT2D eigenvalue weighted by Gasteiger charge is 2.25. The van der Waals surface area contributed by atoms with Crippen LogP contribution in [0.3, 0.4) is 0 Å². The summed E-state index contributed by atoms with van der Waals surface area (Å²) in [4.78, 5) is 13.8. The number of para-hydroxylation sites is 2. The minimum Gasteiger partial charge on any atom is -0.482 e. The van der Waals surface area contributed by atoms with E-state index >= 15 is 0 Å². The smallest absolute Gasteiger partial charge is 0.265 e. The van der Waals surface area contributed by atoms with Gasteiger partial charge < -0.3 is 15.4 Å². The van der Waals surface area contributed by atoms with Gasteiger partial charge in [-0.2, -0.15) is 0 Å². The van der Waals surface area contributed by atoms with Gasteiger partial charge in [0.1, 0.15) is 5.75 Å². The summed E-state index contributed by atoms with van der Waals surface area (Å²) in [7, 11) is 0. The number of anilines is 2. The summed E-state index contributed by atoms with van der Waals surface area (Å²) in [6.07, 6.45) is 0. The Morgan fingerprint density at radius 3 is 2.85 bits per heavy atom. The molecule has 0 fully saturated rings. The lowest BCUT2D eigenvalue weighted by Crippen LogP contribution is -2.38. The van der Waals surface area contributed by atoms with Crippen molar-refractivity contribution in [1.29, 1.82) is 0 Å². The lowest BCUT2D eigenvalue weighted by molar-refractivity contribution is -0.121. The van der Waals surface area contributed by atoms with Gasteiger partial charge in [0.05, 0.1) is 12.2 Å². The molecule has 3 rings (SSSR count). The third kappa shape index (κ3) is 2.49. The highest BCUT2D eigenvalue weighted by atomic mass is 79.9. The maximum absolute atomic E-state index is 12.1. The van der Waals surface area contributed by atoms with Gasteiger partial charge >= 0.3 is 0 Å². The number of benzene rings is 2. The van der Waals surface area contributed by atoms with Gasteiger partial charge in [-0.25, -0.2) is 0 Å². The summed E-state index contributed by atoms with van der Waals surface area (Å²) in [6, 6.07) is 13.2. The van der Waals surface area contributed by atoms with E-state index in [9.17, 15) is 4.79 Å². The van der Waals surface area contributed by atoms with Crippen LogP contribution in [0.5, 0.6) is 5.75 Å². The number of carbonyl (C=O) groups is 1. The molecular weight excluding hydrogens is 320 g/mol. The minimum absolute atomic E-state index is 0.0535. The average molecular weight is 333 g/mol. The fourth-order valence-electron chi connectivity index (χ4n) is 2.28. The Hall–Kier alpha value is -2.01. The molecule has 2 N–H and O–H groups in total. The van der Waals surface area contributed by atoms with Crippen molar-refractivity contribution in [1.82, 2.24) is 0 Å². The number of nitrogen functional groups attached to an aromatic ring is 1. The molecule has 0 atom stereocenters. The monoisotopic (exact) mass is 332 g/mol. The zero-order chi connectivity index (χ0) is 14.1. The zero-order valence-electron chi connectivity index (χ0n) is 10.7. The maximum Gasteiger partial charge on any atom is 0.265 e. The summed E-state index contributed by atoms with van der Waals surface area (Å²) in [6.45, 7) is 0.545. The second-order valence-corrected chi connectivity index (χ2v) is 5.54. The highest BCUT2D eigenvalue weighted by Crippen LogP contribution is 2.33. The van der Waals surface area contributed by atoms with Crippen molar-refractivity contribution >= 4 is 33.2 Å². The van der Waals surface area contributed by atoms with Crippen LogP contribution in [0, 0.1) is 0 Å². The molecule has 0 spiro atoms. The number of halogens is 1. The molecule has 0 aromatic heterocycles. The quantitative estimate of drug-likeness (QED) is 0.860. The number of ether oxygens (including phenoxy) is 1. The van der Waals surface area contributed by atoms with Crippen LogP contribution in [0.1, 0.15) is 5.56 Å². The van der Waals surface area contributed by atoms with Gasteiger partial charge in [-0.1, -0.05) is 28.1 Å². The number of rotatable bonds is 2. The largest absolute Gasteiger partial charge is 0.482 e. The molecule has 1 heterocycles. The number of carbonyl (C=O) groups excluding carboxylic acids is 1. The Morgan fingerprint density at radius 2 is 2.05 bits per heavy atom. The van der Waals surface area contributed by atoms with Gasteiger partial charge in [0.2, 0.25) is 0 Å². The molecule has 20 heavy (non-hydrogen) atoms. The van der Waals surface area contributed by atoms with Gasteiger partial charge in [-0.05, 0) is 35.9 Å². The van der Waals surface area contributed by atoms with E-state index < -0.39 is 0 Å². The number of amides is 1. The first-order valence-corrected chi connectivity index (χ1v) is 7.00. The van der Waals surface area contributed by atoms with Crippen molar-refractivity contribution in [2.45, 2.75) is 6.54 Å². The van der Waals surface area contributed by atoms with Crippen molar-refractivity contribution in [3.05, 3.63) is 52.5 Å². The average Bonchev–Trinajstić information content (AvgIpc) is 2.41.